The molecule has 1 saturated carbocycles. The zero-order valence-corrected chi connectivity index (χ0v) is 11.4. The molecule has 0 bridgehead atoms. The summed E-state index contributed by atoms with van der Waals surface area (Å²) in [6, 6.07) is 7.68. The van der Waals surface area contributed by atoms with Crippen LogP contribution in [0.3, 0.4) is 0 Å². The number of halogens is 1. The van der Waals surface area contributed by atoms with Crippen molar-refractivity contribution in [3.8, 4) is 0 Å². The van der Waals surface area contributed by atoms with Gasteiger partial charge in [-0.2, -0.15) is 4.98 Å². The van der Waals surface area contributed by atoms with E-state index in [0.717, 1.165) is 23.4 Å². The fraction of sp³-hybridized carbons (Fsp3) is 0.429. The lowest BCUT2D eigenvalue weighted by Gasteiger charge is -2.36. The van der Waals surface area contributed by atoms with Gasteiger partial charge in [0, 0.05) is 18.0 Å². The predicted molar refractivity (Wildman–Crippen MR) is 73.1 cm³/mol. The Bertz CT molecular complexity index is 555. The molecule has 0 saturated heterocycles. The molecule has 1 heterocycles. The Morgan fingerprint density at radius 2 is 2.00 bits per heavy atom. The summed E-state index contributed by atoms with van der Waals surface area (Å²) in [5.74, 6) is 1.40. The highest BCUT2D eigenvalue weighted by molar-refractivity contribution is 6.30. The van der Waals surface area contributed by atoms with Gasteiger partial charge in [0.15, 0.2) is 5.82 Å². The molecule has 5 heteroatoms. The minimum atomic E-state index is -0.0642. The molecule has 1 aromatic carbocycles. The van der Waals surface area contributed by atoms with Gasteiger partial charge < -0.3 is 10.3 Å². The van der Waals surface area contributed by atoms with Gasteiger partial charge in [-0.05, 0) is 30.5 Å². The molecule has 19 heavy (non-hydrogen) atoms. The van der Waals surface area contributed by atoms with Crippen molar-refractivity contribution in [1.82, 2.24) is 10.1 Å². The van der Waals surface area contributed by atoms with Crippen molar-refractivity contribution in [3.63, 3.8) is 0 Å². The average molecular weight is 278 g/mol. The molecule has 0 spiro atoms. The predicted octanol–water partition coefficient (Wildman–Crippen LogP) is 2.69. The number of hydrogen-bond donors (Lipinski definition) is 1. The first kappa shape index (κ1) is 12.6. The third-order valence-electron chi connectivity index (χ3n) is 3.90. The van der Waals surface area contributed by atoms with Gasteiger partial charge in [0.05, 0.1) is 5.41 Å². The second-order valence-electron chi connectivity index (χ2n) is 5.16. The van der Waals surface area contributed by atoms with Gasteiger partial charge in [-0.25, -0.2) is 0 Å². The average Bonchev–Trinajstić information content (AvgIpc) is 2.81. The first-order chi connectivity index (χ1) is 9.22. The molecular formula is C14H16ClN3O. The number of hydrogen-bond acceptors (Lipinski definition) is 4. The minimum Gasteiger partial charge on any atom is -0.339 e. The maximum Gasteiger partial charge on any atom is 0.234 e. The molecule has 2 aromatic rings. The molecule has 1 aromatic heterocycles. The molecule has 1 aliphatic carbocycles. The van der Waals surface area contributed by atoms with Crippen LogP contribution in [0, 0.1) is 0 Å². The zero-order chi connectivity index (χ0) is 13.3. The van der Waals surface area contributed by atoms with Crippen LogP contribution in [0.4, 0.5) is 0 Å². The van der Waals surface area contributed by atoms with Crippen molar-refractivity contribution in [1.29, 1.82) is 0 Å². The molecule has 0 atom stereocenters. The first-order valence-corrected chi connectivity index (χ1v) is 6.87. The second kappa shape index (κ2) is 4.94. The van der Waals surface area contributed by atoms with E-state index >= 15 is 0 Å². The maximum atomic E-state index is 5.86. The summed E-state index contributed by atoms with van der Waals surface area (Å²) in [6.07, 6.45) is 3.94. The zero-order valence-electron chi connectivity index (χ0n) is 10.6. The van der Waals surface area contributed by atoms with Gasteiger partial charge in [-0.3, -0.25) is 0 Å². The van der Waals surface area contributed by atoms with E-state index in [1.54, 1.807) is 0 Å². The van der Waals surface area contributed by atoms with E-state index in [1.165, 1.54) is 6.42 Å². The van der Waals surface area contributed by atoms with Crippen molar-refractivity contribution in [3.05, 3.63) is 46.6 Å². The molecule has 0 radical (unpaired) electrons. The smallest absolute Gasteiger partial charge is 0.234 e. The van der Waals surface area contributed by atoms with Crippen LogP contribution >= 0.6 is 11.6 Å². The lowest BCUT2D eigenvalue weighted by molar-refractivity contribution is 0.181. The van der Waals surface area contributed by atoms with E-state index in [1.807, 2.05) is 24.3 Å². The molecule has 0 aliphatic heterocycles. The minimum absolute atomic E-state index is 0.0642. The van der Waals surface area contributed by atoms with Gasteiger partial charge in [0.25, 0.3) is 0 Å². The van der Waals surface area contributed by atoms with Crippen LogP contribution in [-0.4, -0.2) is 16.7 Å². The van der Waals surface area contributed by atoms with E-state index in [0.29, 0.717) is 24.7 Å². The van der Waals surface area contributed by atoms with Crippen molar-refractivity contribution in [2.75, 3.05) is 6.54 Å². The van der Waals surface area contributed by atoms with E-state index < -0.39 is 0 Å². The highest BCUT2D eigenvalue weighted by atomic mass is 35.5. The third kappa shape index (κ3) is 2.38. The molecule has 1 fully saturated rings. The summed E-state index contributed by atoms with van der Waals surface area (Å²) in [6.45, 7) is 0.579. The quantitative estimate of drug-likeness (QED) is 0.933. The van der Waals surface area contributed by atoms with Crippen molar-refractivity contribution >= 4 is 11.6 Å². The van der Waals surface area contributed by atoms with Gasteiger partial charge in [0.2, 0.25) is 5.89 Å². The Labute approximate surface area is 117 Å². The summed E-state index contributed by atoms with van der Waals surface area (Å²) in [5.41, 5.74) is 6.89. The number of nitrogens with two attached hydrogens (primary N) is 1. The Morgan fingerprint density at radius 1 is 1.26 bits per heavy atom. The fourth-order valence-corrected chi connectivity index (χ4v) is 2.56. The summed E-state index contributed by atoms with van der Waals surface area (Å²) in [7, 11) is 0. The molecule has 100 valence electrons. The monoisotopic (exact) mass is 277 g/mol. The van der Waals surface area contributed by atoms with E-state index in [-0.39, 0.29) is 5.41 Å². The Balaban J connectivity index is 1.76. The van der Waals surface area contributed by atoms with Crippen LogP contribution in [-0.2, 0) is 11.8 Å². The van der Waals surface area contributed by atoms with E-state index in [4.69, 9.17) is 21.9 Å². The van der Waals surface area contributed by atoms with Gasteiger partial charge in [-0.1, -0.05) is 35.3 Å². The van der Waals surface area contributed by atoms with Crippen LogP contribution in [0.15, 0.2) is 28.8 Å². The molecule has 4 nitrogen and oxygen atoms in total. The highest BCUT2D eigenvalue weighted by Crippen LogP contribution is 2.41. The third-order valence-corrected chi connectivity index (χ3v) is 4.15. The molecular weight excluding hydrogens is 262 g/mol. The van der Waals surface area contributed by atoms with E-state index in [9.17, 15) is 0 Å². The second-order valence-corrected chi connectivity index (χ2v) is 5.59. The summed E-state index contributed by atoms with van der Waals surface area (Å²) in [5, 5.41) is 4.79. The molecule has 0 amide bonds. The van der Waals surface area contributed by atoms with Crippen molar-refractivity contribution in [2.24, 2.45) is 5.73 Å². The highest BCUT2D eigenvalue weighted by Gasteiger charge is 2.42. The molecule has 1 aliphatic rings. The summed E-state index contributed by atoms with van der Waals surface area (Å²) < 4.78 is 5.39. The Kier molecular flexibility index (Phi) is 3.29. The first-order valence-electron chi connectivity index (χ1n) is 6.49. The topological polar surface area (TPSA) is 64.9 Å². The van der Waals surface area contributed by atoms with Crippen LogP contribution in [0.25, 0.3) is 0 Å². The molecule has 2 N–H and O–H groups in total. The van der Waals surface area contributed by atoms with Gasteiger partial charge in [0.1, 0.15) is 0 Å². The lowest BCUT2D eigenvalue weighted by atomic mass is 9.69. The maximum absolute atomic E-state index is 5.86. The summed E-state index contributed by atoms with van der Waals surface area (Å²) in [4.78, 5) is 4.50. The van der Waals surface area contributed by atoms with Crippen LogP contribution in [0.5, 0.6) is 0 Å². The van der Waals surface area contributed by atoms with Crippen LogP contribution in [0.2, 0.25) is 5.02 Å². The van der Waals surface area contributed by atoms with Crippen LogP contribution in [0.1, 0.15) is 36.5 Å². The Morgan fingerprint density at radius 3 is 2.58 bits per heavy atom. The van der Waals surface area contributed by atoms with Gasteiger partial charge >= 0.3 is 0 Å². The standard InChI is InChI=1S/C14H16ClN3O/c15-11-4-2-10(3-5-11)8-12-17-13(19-18-12)14(9-16)6-1-7-14/h2-5H,1,6-9,16H2. The number of rotatable bonds is 4. The number of aromatic nitrogens is 2. The van der Waals surface area contributed by atoms with Crippen molar-refractivity contribution in [2.45, 2.75) is 31.1 Å². The van der Waals surface area contributed by atoms with Gasteiger partial charge in [-0.15, -0.1) is 0 Å². The number of nitrogens with zero attached hydrogens (tertiary/aromatic N) is 2. The van der Waals surface area contributed by atoms with E-state index in [2.05, 4.69) is 10.1 Å². The summed E-state index contributed by atoms with van der Waals surface area (Å²) >= 11 is 5.86. The normalized spacial score (nSPS) is 17.2. The van der Waals surface area contributed by atoms with Crippen LogP contribution < -0.4 is 5.73 Å². The SMILES string of the molecule is NCC1(c2nc(Cc3ccc(Cl)cc3)no2)CCC1. The fourth-order valence-electron chi connectivity index (χ4n) is 2.43. The lowest BCUT2D eigenvalue weighted by Crippen LogP contribution is -2.41. The molecule has 0 unspecified atom stereocenters. The van der Waals surface area contributed by atoms with Crippen molar-refractivity contribution < 1.29 is 4.52 Å². The molecule has 3 rings (SSSR count). The largest absolute Gasteiger partial charge is 0.339 e. The Hall–Kier alpha value is -1.39. The number of benzene rings is 1.